The van der Waals surface area contributed by atoms with Crippen molar-refractivity contribution in [1.82, 2.24) is 4.31 Å². The van der Waals surface area contributed by atoms with Crippen molar-refractivity contribution in [2.45, 2.75) is 45.1 Å². The topological polar surface area (TPSA) is 63.4 Å². The molecule has 1 aliphatic rings. The fourth-order valence-corrected chi connectivity index (χ4v) is 3.96. The SMILES string of the molecule is CCCCS(=O)(=O)N1CCCCC1CN. The number of sulfonamides is 1. The zero-order valence-electron chi connectivity index (χ0n) is 9.48. The fourth-order valence-electron chi connectivity index (χ4n) is 2.02. The highest BCUT2D eigenvalue weighted by molar-refractivity contribution is 7.89. The molecular formula is C10H22N2O2S. The van der Waals surface area contributed by atoms with Crippen LogP contribution in [-0.4, -0.2) is 37.6 Å². The molecule has 0 radical (unpaired) electrons. The highest BCUT2D eigenvalue weighted by Crippen LogP contribution is 2.20. The van der Waals surface area contributed by atoms with E-state index in [-0.39, 0.29) is 11.8 Å². The number of piperidine rings is 1. The third kappa shape index (κ3) is 3.43. The van der Waals surface area contributed by atoms with Crippen LogP contribution in [0.3, 0.4) is 0 Å². The van der Waals surface area contributed by atoms with E-state index < -0.39 is 10.0 Å². The monoisotopic (exact) mass is 234 g/mol. The molecular weight excluding hydrogens is 212 g/mol. The quantitative estimate of drug-likeness (QED) is 0.769. The van der Waals surface area contributed by atoms with Crippen molar-refractivity contribution in [2.75, 3.05) is 18.8 Å². The first-order chi connectivity index (χ1) is 7.11. The Morgan fingerprint density at radius 3 is 2.73 bits per heavy atom. The lowest BCUT2D eigenvalue weighted by Gasteiger charge is -2.33. The van der Waals surface area contributed by atoms with Gasteiger partial charge in [-0.1, -0.05) is 19.8 Å². The second kappa shape index (κ2) is 5.82. The van der Waals surface area contributed by atoms with E-state index in [2.05, 4.69) is 0 Å². The van der Waals surface area contributed by atoms with Gasteiger partial charge in [0.1, 0.15) is 0 Å². The van der Waals surface area contributed by atoms with Gasteiger partial charge in [-0.3, -0.25) is 0 Å². The smallest absolute Gasteiger partial charge is 0.214 e. The van der Waals surface area contributed by atoms with E-state index in [0.29, 0.717) is 13.1 Å². The van der Waals surface area contributed by atoms with E-state index in [9.17, 15) is 8.42 Å². The van der Waals surface area contributed by atoms with Crippen LogP contribution in [0.15, 0.2) is 0 Å². The largest absolute Gasteiger partial charge is 0.329 e. The number of rotatable bonds is 5. The second-order valence-electron chi connectivity index (χ2n) is 4.17. The maximum absolute atomic E-state index is 12.0. The van der Waals surface area contributed by atoms with E-state index >= 15 is 0 Å². The van der Waals surface area contributed by atoms with Crippen molar-refractivity contribution >= 4 is 10.0 Å². The normalized spacial score (nSPS) is 24.3. The molecule has 2 N–H and O–H groups in total. The molecule has 0 aliphatic carbocycles. The number of hydrogen-bond acceptors (Lipinski definition) is 3. The van der Waals surface area contributed by atoms with Crippen LogP contribution in [-0.2, 0) is 10.0 Å². The summed E-state index contributed by atoms with van der Waals surface area (Å²) in [6.07, 6.45) is 4.65. The van der Waals surface area contributed by atoms with E-state index in [1.54, 1.807) is 4.31 Å². The van der Waals surface area contributed by atoms with Gasteiger partial charge in [0.25, 0.3) is 0 Å². The summed E-state index contributed by atoms with van der Waals surface area (Å²) in [5.74, 6) is 0.278. The van der Waals surface area contributed by atoms with Gasteiger partial charge in [-0.15, -0.1) is 0 Å². The Morgan fingerprint density at radius 2 is 2.13 bits per heavy atom. The van der Waals surface area contributed by atoms with Crippen LogP contribution in [0.25, 0.3) is 0 Å². The molecule has 0 aromatic rings. The van der Waals surface area contributed by atoms with Gasteiger partial charge in [-0.2, -0.15) is 4.31 Å². The van der Waals surface area contributed by atoms with Crippen molar-refractivity contribution in [3.8, 4) is 0 Å². The predicted octanol–water partition coefficient (Wildman–Crippen LogP) is 0.929. The Morgan fingerprint density at radius 1 is 1.40 bits per heavy atom. The first kappa shape index (κ1) is 12.9. The molecule has 1 saturated heterocycles. The van der Waals surface area contributed by atoms with Crippen molar-refractivity contribution in [1.29, 1.82) is 0 Å². The Kier molecular flexibility index (Phi) is 5.02. The lowest BCUT2D eigenvalue weighted by Crippen LogP contribution is -2.48. The average Bonchev–Trinajstić information content (AvgIpc) is 2.26. The summed E-state index contributed by atoms with van der Waals surface area (Å²) in [6, 6.07) is 0.0422. The summed E-state index contributed by atoms with van der Waals surface area (Å²) < 4.78 is 25.6. The Hall–Kier alpha value is -0.130. The summed E-state index contributed by atoms with van der Waals surface area (Å²) in [5, 5.41) is 0. The molecule has 15 heavy (non-hydrogen) atoms. The van der Waals surface area contributed by atoms with Crippen LogP contribution in [0.5, 0.6) is 0 Å². The Labute approximate surface area is 92.9 Å². The zero-order chi connectivity index (χ0) is 11.3. The van der Waals surface area contributed by atoms with E-state index in [4.69, 9.17) is 5.73 Å². The third-order valence-electron chi connectivity index (χ3n) is 2.96. The van der Waals surface area contributed by atoms with Crippen molar-refractivity contribution in [3.05, 3.63) is 0 Å². The number of hydrogen-bond donors (Lipinski definition) is 1. The lowest BCUT2D eigenvalue weighted by atomic mass is 10.1. The van der Waals surface area contributed by atoms with Gasteiger partial charge in [-0.25, -0.2) is 8.42 Å². The molecule has 0 saturated carbocycles. The van der Waals surface area contributed by atoms with Gasteiger partial charge in [-0.05, 0) is 19.3 Å². The van der Waals surface area contributed by atoms with E-state index in [1.807, 2.05) is 6.92 Å². The van der Waals surface area contributed by atoms with Gasteiger partial charge >= 0.3 is 0 Å². The molecule has 1 heterocycles. The minimum Gasteiger partial charge on any atom is -0.329 e. The number of nitrogens with zero attached hydrogens (tertiary/aromatic N) is 1. The fraction of sp³-hybridized carbons (Fsp3) is 1.00. The molecule has 0 aromatic carbocycles. The third-order valence-corrected chi connectivity index (χ3v) is 4.96. The van der Waals surface area contributed by atoms with Crippen molar-refractivity contribution < 1.29 is 8.42 Å². The highest BCUT2D eigenvalue weighted by Gasteiger charge is 2.30. The predicted molar refractivity (Wildman–Crippen MR) is 62.1 cm³/mol. The molecule has 0 spiro atoms. The van der Waals surface area contributed by atoms with Gasteiger partial charge in [0.2, 0.25) is 10.0 Å². The average molecular weight is 234 g/mol. The first-order valence-corrected chi connectivity index (χ1v) is 7.42. The van der Waals surface area contributed by atoms with Crippen molar-refractivity contribution in [2.24, 2.45) is 5.73 Å². The molecule has 1 fully saturated rings. The Balaban J connectivity index is 2.65. The van der Waals surface area contributed by atoms with Crippen LogP contribution >= 0.6 is 0 Å². The zero-order valence-corrected chi connectivity index (χ0v) is 10.3. The van der Waals surface area contributed by atoms with Gasteiger partial charge in [0, 0.05) is 19.1 Å². The molecule has 1 aliphatic heterocycles. The van der Waals surface area contributed by atoms with Crippen molar-refractivity contribution in [3.63, 3.8) is 0 Å². The number of nitrogens with two attached hydrogens (primary N) is 1. The van der Waals surface area contributed by atoms with E-state index in [1.165, 1.54) is 0 Å². The van der Waals surface area contributed by atoms with Crippen LogP contribution in [0, 0.1) is 0 Å². The first-order valence-electron chi connectivity index (χ1n) is 5.81. The van der Waals surface area contributed by atoms with Crippen LogP contribution in [0.4, 0.5) is 0 Å². The van der Waals surface area contributed by atoms with E-state index in [0.717, 1.165) is 32.1 Å². The molecule has 90 valence electrons. The molecule has 0 aromatic heterocycles. The molecule has 4 nitrogen and oxygen atoms in total. The number of unbranched alkanes of at least 4 members (excludes halogenated alkanes) is 1. The molecule has 5 heteroatoms. The van der Waals surface area contributed by atoms with Gasteiger partial charge < -0.3 is 5.73 Å². The summed E-state index contributed by atoms with van der Waals surface area (Å²) in [4.78, 5) is 0. The molecule has 1 atom stereocenters. The highest BCUT2D eigenvalue weighted by atomic mass is 32.2. The molecule has 0 bridgehead atoms. The summed E-state index contributed by atoms with van der Waals surface area (Å²) in [5.41, 5.74) is 5.61. The molecule has 0 amide bonds. The van der Waals surface area contributed by atoms with Crippen LogP contribution in [0.2, 0.25) is 0 Å². The van der Waals surface area contributed by atoms with Gasteiger partial charge in [0.05, 0.1) is 5.75 Å². The summed E-state index contributed by atoms with van der Waals surface area (Å²) in [6.45, 7) is 3.12. The van der Waals surface area contributed by atoms with Crippen LogP contribution < -0.4 is 5.73 Å². The maximum atomic E-state index is 12.0. The Bertz CT molecular complexity index is 277. The molecule has 1 rings (SSSR count). The second-order valence-corrected chi connectivity index (χ2v) is 6.21. The standard InChI is InChI=1S/C10H22N2O2S/c1-2-3-8-15(13,14)12-7-5-4-6-10(12)9-11/h10H,2-9,11H2,1H3. The van der Waals surface area contributed by atoms with Crippen LogP contribution in [0.1, 0.15) is 39.0 Å². The minimum absolute atomic E-state index is 0.0422. The minimum atomic E-state index is -3.05. The maximum Gasteiger partial charge on any atom is 0.214 e. The molecule has 1 unspecified atom stereocenters. The lowest BCUT2D eigenvalue weighted by molar-refractivity contribution is 0.257. The summed E-state index contributed by atoms with van der Waals surface area (Å²) >= 11 is 0. The van der Waals surface area contributed by atoms with Gasteiger partial charge in [0.15, 0.2) is 0 Å². The summed E-state index contributed by atoms with van der Waals surface area (Å²) in [7, 11) is -3.05.